The van der Waals surface area contributed by atoms with Crippen LogP contribution >= 0.6 is 0 Å². The molecule has 0 saturated heterocycles. The molecule has 138 valence electrons. The lowest BCUT2D eigenvalue weighted by atomic mass is 9.94. The first-order valence-corrected chi connectivity index (χ1v) is 8.00. The van der Waals surface area contributed by atoms with Crippen molar-refractivity contribution in [3.8, 4) is 0 Å². The second-order valence-corrected chi connectivity index (χ2v) is 6.57. The van der Waals surface area contributed by atoms with E-state index >= 15 is 0 Å². The molecule has 0 unspecified atom stereocenters. The summed E-state index contributed by atoms with van der Waals surface area (Å²) < 4.78 is 41.8. The average Bonchev–Trinajstić information content (AvgIpc) is 2.95. The molecule has 0 amide bonds. The molecular formula is C18H18F3N3O2. The number of aldehydes is 1. The van der Waals surface area contributed by atoms with E-state index in [4.69, 9.17) is 0 Å². The van der Waals surface area contributed by atoms with Crippen molar-refractivity contribution in [2.24, 2.45) is 0 Å². The summed E-state index contributed by atoms with van der Waals surface area (Å²) in [5.41, 5.74) is -1.04. The molecule has 1 aromatic heterocycles. The minimum atomic E-state index is -4.53. The van der Waals surface area contributed by atoms with Gasteiger partial charge in [-0.1, -0.05) is 12.2 Å². The van der Waals surface area contributed by atoms with Gasteiger partial charge >= 0.3 is 6.18 Å². The zero-order valence-electron chi connectivity index (χ0n) is 14.3. The summed E-state index contributed by atoms with van der Waals surface area (Å²) in [6, 6.07) is 3.16. The van der Waals surface area contributed by atoms with Gasteiger partial charge in [-0.3, -0.25) is 4.68 Å². The van der Waals surface area contributed by atoms with Crippen molar-refractivity contribution in [3.05, 3.63) is 47.8 Å². The maximum atomic E-state index is 13.5. The Morgan fingerprint density at radius 3 is 2.65 bits per heavy atom. The number of benzene rings is 1. The van der Waals surface area contributed by atoms with Crippen LogP contribution in [0.25, 0.3) is 10.9 Å². The van der Waals surface area contributed by atoms with E-state index in [1.807, 2.05) is 0 Å². The molecule has 8 heteroatoms. The van der Waals surface area contributed by atoms with Crippen molar-refractivity contribution < 1.29 is 23.1 Å². The van der Waals surface area contributed by atoms with Gasteiger partial charge in [-0.05, 0) is 32.1 Å². The van der Waals surface area contributed by atoms with E-state index < -0.39 is 17.5 Å². The molecule has 0 saturated carbocycles. The summed E-state index contributed by atoms with van der Waals surface area (Å²) in [6.45, 7) is 3.07. The Labute approximate surface area is 148 Å². The Bertz CT molecular complexity index is 905. The Morgan fingerprint density at radius 1 is 1.31 bits per heavy atom. The molecule has 1 N–H and O–H groups in total. The van der Waals surface area contributed by atoms with Crippen molar-refractivity contribution in [3.63, 3.8) is 0 Å². The number of fused-ring (bicyclic) bond motifs is 1. The quantitative estimate of drug-likeness (QED) is 0.845. The minimum Gasteiger partial charge on any atom is -0.386 e. The van der Waals surface area contributed by atoms with Gasteiger partial charge in [-0.25, -0.2) is 0 Å². The number of hydrogen-bond donors (Lipinski definition) is 1. The van der Waals surface area contributed by atoms with E-state index in [1.54, 1.807) is 18.2 Å². The van der Waals surface area contributed by atoms with Gasteiger partial charge in [0.25, 0.3) is 0 Å². The molecule has 1 aromatic carbocycles. The fourth-order valence-corrected chi connectivity index (χ4v) is 3.03. The highest BCUT2D eigenvalue weighted by Gasteiger charge is 2.40. The van der Waals surface area contributed by atoms with Gasteiger partial charge in [-0.2, -0.15) is 18.3 Å². The lowest BCUT2D eigenvalue weighted by Crippen LogP contribution is -2.35. The maximum Gasteiger partial charge on any atom is 0.431 e. The number of nitrogens with zero attached hydrogens (tertiary/aromatic N) is 3. The third-order valence-electron chi connectivity index (χ3n) is 4.22. The number of rotatable bonds is 4. The molecule has 0 radical (unpaired) electrons. The highest BCUT2D eigenvalue weighted by atomic mass is 19.4. The molecule has 2 heterocycles. The number of aliphatic hydroxyl groups is 1. The van der Waals surface area contributed by atoms with Gasteiger partial charge in [0.2, 0.25) is 0 Å². The zero-order valence-corrected chi connectivity index (χ0v) is 14.3. The van der Waals surface area contributed by atoms with Crippen LogP contribution in [0.4, 0.5) is 18.9 Å². The third-order valence-corrected chi connectivity index (χ3v) is 4.22. The molecule has 5 nitrogen and oxygen atoms in total. The highest BCUT2D eigenvalue weighted by molar-refractivity contribution is 5.86. The fourth-order valence-electron chi connectivity index (χ4n) is 3.03. The molecule has 26 heavy (non-hydrogen) atoms. The van der Waals surface area contributed by atoms with Gasteiger partial charge in [0.1, 0.15) is 12.0 Å². The number of carbonyl (C=O) groups is 1. The van der Waals surface area contributed by atoms with Gasteiger partial charge in [0, 0.05) is 23.2 Å². The predicted molar refractivity (Wildman–Crippen MR) is 91.7 cm³/mol. The topological polar surface area (TPSA) is 58.4 Å². The Hall–Kier alpha value is -2.61. The van der Waals surface area contributed by atoms with Crippen LogP contribution in [0.1, 0.15) is 19.4 Å². The molecule has 3 rings (SSSR count). The van der Waals surface area contributed by atoms with Crippen LogP contribution in [0.15, 0.2) is 42.3 Å². The molecular weight excluding hydrogens is 347 g/mol. The monoisotopic (exact) mass is 365 g/mol. The minimum absolute atomic E-state index is 0.0221. The standard InChI is InChI=1S/C18H18F3N3O2/c1-17(2,26)13-10-14-12(11-22-24(14)7-8-25)9-15(13)23-6-4-3-5-16(23)18(19,20)21/h3-5,8-11,26H,6-7H2,1-2H3. The van der Waals surface area contributed by atoms with E-state index in [0.717, 1.165) is 11.0 Å². The second kappa shape index (κ2) is 6.28. The Kier molecular flexibility index (Phi) is 4.39. The first kappa shape index (κ1) is 18.2. The zero-order chi connectivity index (χ0) is 19.1. The average molecular weight is 365 g/mol. The van der Waals surface area contributed by atoms with Crippen LogP contribution in [0.5, 0.6) is 0 Å². The number of allylic oxidation sites excluding steroid dienone is 3. The van der Waals surface area contributed by atoms with Gasteiger partial charge in [0.05, 0.1) is 23.9 Å². The highest BCUT2D eigenvalue weighted by Crippen LogP contribution is 2.40. The van der Waals surface area contributed by atoms with Gasteiger partial charge in [0.15, 0.2) is 0 Å². The lowest BCUT2D eigenvalue weighted by Gasteiger charge is -2.34. The summed E-state index contributed by atoms with van der Waals surface area (Å²) in [5.74, 6) is 0. The van der Waals surface area contributed by atoms with Crippen molar-refractivity contribution in [1.29, 1.82) is 0 Å². The summed E-state index contributed by atoms with van der Waals surface area (Å²) in [6.07, 6.45) is 1.64. The van der Waals surface area contributed by atoms with Crippen LogP contribution in [0, 0.1) is 0 Å². The van der Waals surface area contributed by atoms with Crippen LogP contribution in [0.3, 0.4) is 0 Å². The number of alkyl halides is 3. The van der Waals surface area contributed by atoms with Crippen LogP contribution < -0.4 is 4.90 Å². The van der Waals surface area contributed by atoms with Crippen LogP contribution in [-0.4, -0.2) is 33.9 Å². The number of carbonyl (C=O) groups excluding carboxylic acids is 1. The predicted octanol–water partition coefficient (Wildman–Crippen LogP) is 3.29. The smallest absolute Gasteiger partial charge is 0.386 e. The molecule has 2 aromatic rings. The second-order valence-electron chi connectivity index (χ2n) is 6.57. The molecule has 1 aliphatic rings. The molecule has 0 spiro atoms. The Balaban J connectivity index is 2.23. The van der Waals surface area contributed by atoms with Crippen molar-refractivity contribution >= 4 is 22.9 Å². The summed E-state index contributed by atoms with van der Waals surface area (Å²) in [7, 11) is 0. The largest absolute Gasteiger partial charge is 0.431 e. The molecule has 0 atom stereocenters. The van der Waals surface area contributed by atoms with E-state index in [2.05, 4.69) is 5.10 Å². The number of hydrogen-bond acceptors (Lipinski definition) is 4. The summed E-state index contributed by atoms with van der Waals surface area (Å²) in [4.78, 5) is 11.9. The molecule has 0 bridgehead atoms. The molecule has 0 aliphatic carbocycles. The SMILES string of the molecule is CC(C)(O)c1cc2c(cnn2CC=O)cc1N1CC=CC=C1C(F)(F)F. The van der Waals surface area contributed by atoms with Crippen LogP contribution in [-0.2, 0) is 16.9 Å². The summed E-state index contributed by atoms with van der Waals surface area (Å²) in [5, 5.41) is 15.2. The Morgan fingerprint density at radius 2 is 2.04 bits per heavy atom. The normalized spacial score (nSPS) is 15.5. The molecule has 0 fully saturated rings. The number of aromatic nitrogens is 2. The van der Waals surface area contributed by atoms with Crippen LogP contribution in [0.2, 0.25) is 0 Å². The number of halogens is 3. The summed E-state index contributed by atoms with van der Waals surface area (Å²) >= 11 is 0. The van der Waals surface area contributed by atoms with E-state index in [0.29, 0.717) is 22.8 Å². The van der Waals surface area contributed by atoms with Crippen molar-refractivity contribution in [2.45, 2.75) is 32.2 Å². The van der Waals surface area contributed by atoms with Gasteiger partial charge in [-0.15, -0.1) is 0 Å². The first-order valence-electron chi connectivity index (χ1n) is 8.00. The van der Waals surface area contributed by atoms with E-state index in [-0.39, 0.29) is 18.8 Å². The lowest BCUT2D eigenvalue weighted by molar-refractivity contribution is -0.108. The first-order chi connectivity index (χ1) is 12.1. The van der Waals surface area contributed by atoms with E-state index in [9.17, 15) is 23.1 Å². The van der Waals surface area contributed by atoms with Crippen molar-refractivity contribution in [1.82, 2.24) is 9.78 Å². The molecule has 1 aliphatic heterocycles. The number of anilines is 1. The van der Waals surface area contributed by atoms with Gasteiger partial charge < -0.3 is 14.8 Å². The maximum absolute atomic E-state index is 13.5. The fraction of sp³-hybridized carbons (Fsp3) is 0.333. The van der Waals surface area contributed by atoms with E-state index in [1.165, 1.54) is 30.8 Å². The van der Waals surface area contributed by atoms with Crippen molar-refractivity contribution in [2.75, 3.05) is 11.4 Å². The third kappa shape index (κ3) is 3.24.